The Kier molecular flexibility index (Phi) is 11.0. The van der Waals surface area contributed by atoms with Gasteiger partial charge in [0.1, 0.15) is 12.2 Å². The molecule has 0 aromatic rings. The van der Waals surface area contributed by atoms with Crippen LogP contribution < -0.4 is 0 Å². The highest BCUT2D eigenvalue weighted by Crippen LogP contribution is 2.68. The van der Waals surface area contributed by atoms with E-state index < -0.39 is 60.8 Å². The molecule has 2 N–H and O–H groups in total. The van der Waals surface area contributed by atoms with E-state index in [0.29, 0.717) is 36.4 Å². The van der Waals surface area contributed by atoms with Gasteiger partial charge in [0.05, 0.1) is 61.9 Å². The highest BCUT2D eigenvalue weighted by molar-refractivity contribution is 5.96. The lowest BCUT2D eigenvalue weighted by molar-refractivity contribution is -0.441. The Balaban J connectivity index is 0.908. The highest BCUT2D eigenvalue weighted by Gasteiger charge is 2.66. The monoisotopic (exact) mass is 776 g/mol. The Morgan fingerprint density at radius 3 is 2.53 bits per heavy atom. The third-order valence-corrected chi connectivity index (χ3v) is 15.5. The predicted molar refractivity (Wildman–Crippen MR) is 196 cm³/mol. The minimum Gasteiger partial charge on any atom is -0.493 e. The number of hydrogen-bond donors (Lipinski definition) is 2. The Hall–Kier alpha value is -1.49. The molecule has 3 saturated heterocycles. The molecule has 8 aliphatic rings. The van der Waals surface area contributed by atoms with Crippen molar-refractivity contribution in [2.75, 3.05) is 21.0 Å². The molecule has 13 nitrogen and oxygen atoms in total. The maximum Gasteiger partial charge on any atom is 0.288 e. The molecule has 4 aliphatic heterocycles. The van der Waals surface area contributed by atoms with Crippen molar-refractivity contribution in [2.45, 2.75) is 185 Å². The summed E-state index contributed by atoms with van der Waals surface area (Å²) in [5.74, 6) is 0.00409. The van der Waals surface area contributed by atoms with E-state index in [1.165, 1.54) is 12.7 Å². The molecular formula is C42H64O13. The molecule has 4 aliphatic carbocycles. The van der Waals surface area contributed by atoms with Gasteiger partial charge >= 0.3 is 0 Å². The van der Waals surface area contributed by atoms with Gasteiger partial charge in [-0.2, -0.15) is 0 Å². The number of allylic oxidation sites excluding steroid dienone is 1. The molecule has 13 heteroatoms. The molecule has 55 heavy (non-hydrogen) atoms. The summed E-state index contributed by atoms with van der Waals surface area (Å²) >= 11 is 0. The molecule has 1 spiro atoms. The molecule has 6 fully saturated rings. The summed E-state index contributed by atoms with van der Waals surface area (Å²) in [6.07, 6.45) is 6.51. The number of rotatable bonds is 7. The maximum absolute atomic E-state index is 12.9. The van der Waals surface area contributed by atoms with Crippen LogP contribution in [0, 0.1) is 28.6 Å². The number of ether oxygens (including phenoxy) is 10. The number of fused-ring (bicyclic) bond motifs is 6. The zero-order valence-electron chi connectivity index (χ0n) is 33.9. The van der Waals surface area contributed by atoms with E-state index in [1.807, 2.05) is 20.8 Å². The van der Waals surface area contributed by atoms with Crippen LogP contribution in [0.1, 0.15) is 106 Å². The minimum atomic E-state index is -1.42. The topological polar surface area (TPSA) is 150 Å². The number of carbonyl (C=O) groups is 1. The van der Waals surface area contributed by atoms with Crippen LogP contribution in [-0.2, 0) is 52.2 Å². The van der Waals surface area contributed by atoms with Gasteiger partial charge in [0.2, 0.25) is 6.29 Å². The van der Waals surface area contributed by atoms with E-state index in [1.54, 1.807) is 20.1 Å². The van der Waals surface area contributed by atoms with Crippen molar-refractivity contribution < 1.29 is 62.4 Å². The van der Waals surface area contributed by atoms with Crippen LogP contribution in [-0.4, -0.2) is 116 Å². The first-order valence-electron chi connectivity index (χ1n) is 20.8. The van der Waals surface area contributed by atoms with E-state index in [0.717, 1.165) is 44.9 Å². The number of carbonyl (C=O) groups excluding carboxylic acids is 1. The van der Waals surface area contributed by atoms with E-state index in [9.17, 15) is 15.0 Å². The van der Waals surface area contributed by atoms with E-state index in [2.05, 4.69) is 19.9 Å². The second-order valence-corrected chi connectivity index (χ2v) is 18.3. The maximum atomic E-state index is 12.9. The fraction of sp³-hybridized carbons (Fsp3) is 0.881. The lowest BCUT2D eigenvalue weighted by Crippen LogP contribution is -2.61. The smallest absolute Gasteiger partial charge is 0.288 e. The second-order valence-electron chi connectivity index (χ2n) is 18.3. The van der Waals surface area contributed by atoms with Gasteiger partial charge < -0.3 is 57.6 Å². The molecule has 0 aromatic carbocycles. The van der Waals surface area contributed by atoms with Gasteiger partial charge in [0, 0.05) is 18.9 Å². The first-order valence-corrected chi connectivity index (χ1v) is 20.8. The van der Waals surface area contributed by atoms with Crippen LogP contribution in [0.2, 0.25) is 0 Å². The quantitative estimate of drug-likeness (QED) is 0.333. The van der Waals surface area contributed by atoms with Gasteiger partial charge in [-0.05, 0) is 108 Å². The summed E-state index contributed by atoms with van der Waals surface area (Å²) in [5, 5.41) is 23.3. The minimum absolute atomic E-state index is 0.0505. The van der Waals surface area contributed by atoms with Crippen LogP contribution in [0.4, 0.5) is 0 Å². The summed E-state index contributed by atoms with van der Waals surface area (Å²) in [6, 6.07) is 0. The van der Waals surface area contributed by atoms with Crippen molar-refractivity contribution in [3.63, 3.8) is 0 Å². The second kappa shape index (κ2) is 15.0. The summed E-state index contributed by atoms with van der Waals surface area (Å²) < 4.78 is 61.0. The molecule has 310 valence electrons. The Labute approximate surface area is 325 Å². The largest absolute Gasteiger partial charge is 0.493 e. The molecule has 0 bridgehead atoms. The molecule has 0 unspecified atom stereocenters. The van der Waals surface area contributed by atoms with Crippen molar-refractivity contribution in [1.29, 1.82) is 0 Å². The summed E-state index contributed by atoms with van der Waals surface area (Å²) in [7, 11) is 3.06. The van der Waals surface area contributed by atoms with Gasteiger partial charge in [-0.25, -0.2) is 0 Å². The average molecular weight is 777 g/mol. The van der Waals surface area contributed by atoms with Crippen molar-refractivity contribution in [1.82, 2.24) is 0 Å². The third-order valence-electron chi connectivity index (χ3n) is 15.5. The fourth-order valence-corrected chi connectivity index (χ4v) is 12.3. The number of aliphatic hydroxyl groups excluding tert-OH is 1. The average Bonchev–Trinajstić information content (AvgIpc) is 3.31. The van der Waals surface area contributed by atoms with Crippen LogP contribution >= 0.6 is 0 Å². The Morgan fingerprint density at radius 1 is 0.982 bits per heavy atom. The Morgan fingerprint density at radius 2 is 1.76 bits per heavy atom. The van der Waals surface area contributed by atoms with E-state index in [4.69, 9.17) is 47.4 Å². The fourth-order valence-electron chi connectivity index (χ4n) is 12.3. The summed E-state index contributed by atoms with van der Waals surface area (Å²) in [5.41, 5.74) is 0.185. The van der Waals surface area contributed by atoms with Gasteiger partial charge in [-0.3, -0.25) is 4.79 Å². The number of Topliss-reactive ketones (excluding diaryl/α,β-unsaturated/α-hetero) is 1. The first kappa shape index (κ1) is 40.3. The van der Waals surface area contributed by atoms with Crippen LogP contribution in [0.5, 0.6) is 0 Å². The van der Waals surface area contributed by atoms with Crippen molar-refractivity contribution in [2.24, 2.45) is 28.6 Å². The normalized spacial score (nSPS) is 51.8. The first-order chi connectivity index (χ1) is 26.1. The van der Waals surface area contributed by atoms with Crippen LogP contribution in [0.25, 0.3) is 0 Å². The number of aliphatic hydroxyl groups is 2. The molecular weight excluding hydrogens is 712 g/mol. The number of ketones is 1. The predicted octanol–water partition coefficient (Wildman–Crippen LogP) is 5.05. The summed E-state index contributed by atoms with van der Waals surface area (Å²) in [6.45, 7) is 12.3. The van der Waals surface area contributed by atoms with Crippen molar-refractivity contribution in [3.8, 4) is 0 Å². The standard InChI is InChI=1S/C42H64O13/c1-22-17-31(46-7)36(44)38(50-22)53-27-11-14-39(5)26(18-27)9-10-28-29(39)12-15-40(6)30(28)13-16-41(40,45)25(4)52-34-19-32-37(24(3)51-34)55-42(49-21-48-32)20-33(47-8)35(43)23(2)54-42/h9,17,22-25,27-30,32-35,37-38,43,45H,10-16,18-21H2,1-8H3/t22-,23-,24-,25+,27+,28-,29+,30+,32-,33-,34+,35-,37-,38+,39+,40+,41+,42-/m1/s1. The van der Waals surface area contributed by atoms with Crippen LogP contribution in [0.3, 0.4) is 0 Å². The van der Waals surface area contributed by atoms with Gasteiger partial charge in [-0.15, -0.1) is 0 Å². The van der Waals surface area contributed by atoms with Crippen LogP contribution in [0.15, 0.2) is 23.5 Å². The van der Waals surface area contributed by atoms with Gasteiger partial charge in [-0.1, -0.05) is 25.5 Å². The lowest BCUT2D eigenvalue weighted by atomic mass is 9.46. The molecule has 8 rings (SSSR count). The van der Waals surface area contributed by atoms with Crippen molar-refractivity contribution >= 4 is 5.78 Å². The molecule has 4 heterocycles. The molecule has 18 atom stereocenters. The van der Waals surface area contributed by atoms with E-state index >= 15 is 0 Å². The molecule has 0 amide bonds. The molecule has 0 aromatic heterocycles. The summed E-state index contributed by atoms with van der Waals surface area (Å²) in [4.78, 5) is 12.9. The van der Waals surface area contributed by atoms with Crippen molar-refractivity contribution in [3.05, 3.63) is 23.5 Å². The van der Waals surface area contributed by atoms with Gasteiger partial charge in [0.25, 0.3) is 11.8 Å². The zero-order valence-corrected chi connectivity index (χ0v) is 33.9. The SMILES string of the molecule is COC1=C[C@@H](C)O[C@@H](O[C@H]2CC[C@@]3(C)C(=CC[C@@H]4[C@@H]3CC[C@@]3(C)[C@H]4CC[C@]3(O)[C@H](C)O[C@H]3C[C@H]4OCO[C@@]5(C[C@@H](OC)[C@H](O)[C@@H](C)O5)O[C@@H]4[C@@H](C)O3)C2)C1=O. The number of hydrogen-bond acceptors (Lipinski definition) is 13. The number of methoxy groups -OCH3 is 2. The lowest BCUT2D eigenvalue weighted by Gasteiger charge is -2.59. The molecule has 3 saturated carbocycles. The highest BCUT2D eigenvalue weighted by atomic mass is 16.9. The zero-order chi connectivity index (χ0) is 39.1. The molecule has 0 radical (unpaired) electrons. The third kappa shape index (κ3) is 6.79. The van der Waals surface area contributed by atoms with E-state index in [-0.39, 0.29) is 48.1 Å². The van der Waals surface area contributed by atoms with Gasteiger partial charge in [0.15, 0.2) is 18.8 Å². The Bertz CT molecular complexity index is 1500.